The van der Waals surface area contributed by atoms with Gasteiger partial charge in [-0.15, -0.1) is 0 Å². The number of rotatable bonds is 6. The number of sulfonamides is 1. The van der Waals surface area contributed by atoms with Gasteiger partial charge < -0.3 is 10.0 Å². The van der Waals surface area contributed by atoms with Crippen LogP contribution in [0.5, 0.6) is 0 Å². The van der Waals surface area contributed by atoms with Gasteiger partial charge in [-0.05, 0) is 44.9 Å². The predicted octanol–water partition coefficient (Wildman–Crippen LogP) is 1.79. The molecule has 0 radical (unpaired) electrons. The van der Waals surface area contributed by atoms with E-state index < -0.39 is 16.0 Å². The van der Waals surface area contributed by atoms with Crippen molar-refractivity contribution in [3.8, 4) is 0 Å². The Morgan fingerprint density at radius 3 is 2.64 bits per heavy atom. The molecule has 0 bridgehead atoms. The molecule has 1 aliphatic rings. The van der Waals surface area contributed by atoms with E-state index in [4.69, 9.17) is 5.11 Å². The number of benzene rings is 1. The summed E-state index contributed by atoms with van der Waals surface area (Å²) >= 11 is 0. The molecule has 25 heavy (non-hydrogen) atoms. The van der Waals surface area contributed by atoms with Crippen molar-refractivity contribution >= 4 is 21.9 Å². The lowest BCUT2D eigenvalue weighted by molar-refractivity contribution is -0.137. The first-order valence-electron chi connectivity index (χ1n) is 8.25. The molecule has 0 aliphatic carbocycles. The molecule has 7 nitrogen and oxygen atoms in total. The highest BCUT2D eigenvalue weighted by Gasteiger charge is 2.32. The minimum atomic E-state index is -3.68. The highest BCUT2D eigenvalue weighted by atomic mass is 32.2. The minimum Gasteiger partial charge on any atom is -0.481 e. The first kappa shape index (κ1) is 19.4. The van der Waals surface area contributed by atoms with Crippen LogP contribution < -0.4 is 0 Å². The van der Waals surface area contributed by atoms with Crippen molar-refractivity contribution in [1.82, 2.24) is 9.21 Å². The molecule has 1 aliphatic heterocycles. The zero-order valence-corrected chi connectivity index (χ0v) is 15.5. The standard InChI is InChI=1S/C17H24N2O5S/c1-12(2)18(3)25(23,24)15-8-4-6-13(10-15)17(22)19-9-5-7-14(19)11-16(20)21/h4,6,8,10,12,14H,5,7,9,11H2,1-3H3,(H,20,21). The third-order valence-corrected chi connectivity index (χ3v) is 6.56. The monoisotopic (exact) mass is 368 g/mol. The van der Waals surface area contributed by atoms with Crippen LogP contribution in [0.2, 0.25) is 0 Å². The van der Waals surface area contributed by atoms with E-state index in [1.807, 2.05) is 0 Å². The molecule has 138 valence electrons. The average Bonchev–Trinajstić information content (AvgIpc) is 3.00. The number of carboxylic acids is 1. The third-order valence-electron chi connectivity index (χ3n) is 4.53. The smallest absolute Gasteiger partial charge is 0.305 e. The van der Waals surface area contributed by atoms with Crippen molar-refractivity contribution in [3.05, 3.63) is 29.8 Å². The van der Waals surface area contributed by atoms with Crippen LogP contribution in [0.15, 0.2) is 29.2 Å². The zero-order valence-electron chi connectivity index (χ0n) is 14.7. The Morgan fingerprint density at radius 1 is 1.36 bits per heavy atom. The lowest BCUT2D eigenvalue weighted by atomic mass is 10.1. The molecule has 1 saturated heterocycles. The first-order chi connectivity index (χ1) is 11.6. The van der Waals surface area contributed by atoms with Crippen LogP contribution in [-0.2, 0) is 14.8 Å². The van der Waals surface area contributed by atoms with Crippen LogP contribution >= 0.6 is 0 Å². The highest BCUT2D eigenvalue weighted by Crippen LogP contribution is 2.24. The van der Waals surface area contributed by atoms with Gasteiger partial charge in [-0.25, -0.2) is 8.42 Å². The molecule has 2 rings (SSSR count). The maximum atomic E-state index is 12.7. The van der Waals surface area contributed by atoms with Crippen molar-refractivity contribution in [3.63, 3.8) is 0 Å². The van der Waals surface area contributed by atoms with Gasteiger partial charge in [-0.1, -0.05) is 6.07 Å². The van der Waals surface area contributed by atoms with E-state index in [9.17, 15) is 18.0 Å². The Hall–Kier alpha value is -1.93. The molecule has 1 fully saturated rings. The number of hydrogen-bond acceptors (Lipinski definition) is 4. The maximum absolute atomic E-state index is 12.7. The Bertz CT molecular complexity index is 760. The molecular weight excluding hydrogens is 344 g/mol. The fourth-order valence-corrected chi connectivity index (χ4v) is 4.33. The van der Waals surface area contributed by atoms with E-state index in [1.54, 1.807) is 19.9 Å². The molecule has 8 heteroatoms. The van der Waals surface area contributed by atoms with Gasteiger partial charge in [0, 0.05) is 31.2 Å². The van der Waals surface area contributed by atoms with Gasteiger partial charge in [0.1, 0.15) is 0 Å². The van der Waals surface area contributed by atoms with E-state index in [1.165, 1.54) is 34.5 Å². The van der Waals surface area contributed by atoms with Crippen LogP contribution in [0.4, 0.5) is 0 Å². The molecule has 0 spiro atoms. The number of aliphatic carboxylic acids is 1. The van der Waals surface area contributed by atoms with E-state index in [2.05, 4.69) is 0 Å². The number of nitrogens with zero attached hydrogens (tertiary/aromatic N) is 2. The fraction of sp³-hybridized carbons (Fsp3) is 0.529. The summed E-state index contributed by atoms with van der Waals surface area (Å²) in [6.45, 7) is 4.03. The summed E-state index contributed by atoms with van der Waals surface area (Å²) in [6, 6.07) is 5.38. The molecule has 1 N–H and O–H groups in total. The Balaban J connectivity index is 2.29. The van der Waals surface area contributed by atoms with Gasteiger partial charge in [-0.3, -0.25) is 9.59 Å². The van der Waals surface area contributed by atoms with Crippen LogP contribution in [0.1, 0.15) is 43.5 Å². The second-order valence-electron chi connectivity index (χ2n) is 6.54. The molecular formula is C17H24N2O5S. The van der Waals surface area contributed by atoms with Crippen molar-refractivity contribution in [2.45, 2.75) is 50.1 Å². The zero-order chi connectivity index (χ0) is 18.8. The summed E-state index contributed by atoms with van der Waals surface area (Å²) < 4.78 is 26.5. The summed E-state index contributed by atoms with van der Waals surface area (Å²) in [5, 5.41) is 8.99. The number of carbonyl (C=O) groups is 2. The quantitative estimate of drug-likeness (QED) is 0.826. The third kappa shape index (κ3) is 4.19. The number of hydrogen-bond donors (Lipinski definition) is 1. The summed E-state index contributed by atoms with van der Waals surface area (Å²) in [7, 11) is -2.18. The van der Waals surface area contributed by atoms with Crippen LogP contribution in [0, 0.1) is 0 Å². The van der Waals surface area contributed by atoms with Crippen LogP contribution in [0.25, 0.3) is 0 Å². The van der Waals surface area contributed by atoms with Gasteiger partial charge in [0.05, 0.1) is 11.3 Å². The first-order valence-corrected chi connectivity index (χ1v) is 9.69. The van der Waals surface area contributed by atoms with Crippen LogP contribution in [0.3, 0.4) is 0 Å². The molecule has 1 unspecified atom stereocenters. The number of carbonyl (C=O) groups excluding carboxylic acids is 1. The van der Waals surface area contributed by atoms with Gasteiger partial charge in [0.25, 0.3) is 5.91 Å². The molecule has 1 amide bonds. The van der Waals surface area contributed by atoms with E-state index in [0.29, 0.717) is 13.0 Å². The van der Waals surface area contributed by atoms with Gasteiger partial charge in [-0.2, -0.15) is 4.31 Å². The van der Waals surface area contributed by atoms with E-state index in [-0.39, 0.29) is 34.9 Å². The van der Waals surface area contributed by atoms with Crippen molar-refractivity contribution in [2.75, 3.05) is 13.6 Å². The summed E-state index contributed by atoms with van der Waals surface area (Å²) in [6.07, 6.45) is 1.30. The number of amides is 1. The van der Waals surface area contributed by atoms with E-state index >= 15 is 0 Å². The van der Waals surface area contributed by atoms with Gasteiger partial charge in [0.2, 0.25) is 10.0 Å². The lowest BCUT2D eigenvalue weighted by Gasteiger charge is -2.24. The van der Waals surface area contributed by atoms with Gasteiger partial charge >= 0.3 is 5.97 Å². The van der Waals surface area contributed by atoms with Crippen LogP contribution in [-0.4, -0.2) is 60.3 Å². The lowest BCUT2D eigenvalue weighted by Crippen LogP contribution is -2.37. The normalized spacial score (nSPS) is 18.1. The number of likely N-dealkylation sites (tertiary alicyclic amines) is 1. The summed E-state index contributed by atoms with van der Waals surface area (Å²) in [5.74, 6) is -1.27. The minimum absolute atomic E-state index is 0.0588. The largest absolute Gasteiger partial charge is 0.481 e. The number of carboxylic acid groups (broad SMARTS) is 1. The Kier molecular flexibility index (Phi) is 5.84. The topological polar surface area (TPSA) is 95.0 Å². The average molecular weight is 368 g/mol. The highest BCUT2D eigenvalue weighted by molar-refractivity contribution is 7.89. The fourth-order valence-electron chi connectivity index (χ4n) is 2.92. The Morgan fingerprint density at radius 2 is 2.04 bits per heavy atom. The van der Waals surface area contributed by atoms with Crippen molar-refractivity contribution in [1.29, 1.82) is 0 Å². The van der Waals surface area contributed by atoms with E-state index in [0.717, 1.165) is 6.42 Å². The van der Waals surface area contributed by atoms with Gasteiger partial charge in [0.15, 0.2) is 0 Å². The SMILES string of the molecule is CC(C)N(C)S(=O)(=O)c1cccc(C(=O)N2CCCC2CC(=O)O)c1. The molecule has 1 atom stereocenters. The second-order valence-corrected chi connectivity index (χ2v) is 8.53. The Labute approximate surface area is 148 Å². The van der Waals surface area contributed by atoms with Crippen molar-refractivity contribution in [2.24, 2.45) is 0 Å². The predicted molar refractivity (Wildman–Crippen MR) is 92.8 cm³/mol. The molecule has 0 saturated carbocycles. The molecule has 1 aromatic carbocycles. The van der Waals surface area contributed by atoms with Crippen molar-refractivity contribution < 1.29 is 23.1 Å². The molecule has 1 aromatic rings. The summed E-state index contributed by atoms with van der Waals surface area (Å²) in [4.78, 5) is 25.3. The maximum Gasteiger partial charge on any atom is 0.305 e. The molecule has 0 aromatic heterocycles. The second kappa shape index (κ2) is 7.53. The summed E-state index contributed by atoms with van der Waals surface area (Å²) in [5.41, 5.74) is 0.260. The molecule has 1 heterocycles.